The molecule has 1 fully saturated rings. The van der Waals surface area contributed by atoms with Crippen LogP contribution in [0.15, 0.2) is 0 Å². The fourth-order valence-electron chi connectivity index (χ4n) is 3.72. The Morgan fingerprint density at radius 2 is 1.38 bits per heavy atom. The van der Waals surface area contributed by atoms with Crippen molar-refractivity contribution in [2.45, 2.75) is 96.9 Å². The first kappa shape index (κ1) is 29.3. The summed E-state index contributed by atoms with van der Waals surface area (Å²) in [6.45, 7) is 6.01. The Morgan fingerprint density at radius 3 is 1.91 bits per heavy atom. The lowest BCUT2D eigenvalue weighted by molar-refractivity contribution is -0.333. The molecular formula is C22H34O12. The molecule has 0 bridgehead atoms. The summed E-state index contributed by atoms with van der Waals surface area (Å²) in [4.78, 5) is 58.5. The third-order valence-electron chi connectivity index (χ3n) is 4.98. The third kappa shape index (κ3) is 9.26. The predicted molar refractivity (Wildman–Crippen MR) is 113 cm³/mol. The molecule has 0 aliphatic carbocycles. The topological polar surface area (TPSA) is 161 Å². The van der Waals surface area contributed by atoms with Crippen molar-refractivity contribution in [3.63, 3.8) is 0 Å². The van der Waals surface area contributed by atoms with E-state index >= 15 is 0 Å². The first-order valence-electron chi connectivity index (χ1n) is 11.1. The molecule has 34 heavy (non-hydrogen) atoms. The summed E-state index contributed by atoms with van der Waals surface area (Å²) in [6, 6.07) is 0. The summed E-state index contributed by atoms with van der Waals surface area (Å²) >= 11 is 0. The maximum Gasteiger partial charge on any atom is 0.305 e. The molecule has 12 nitrogen and oxygen atoms in total. The van der Waals surface area contributed by atoms with E-state index in [4.69, 9.17) is 28.4 Å². The summed E-state index contributed by atoms with van der Waals surface area (Å²) in [5.74, 6) is -3.34. The van der Waals surface area contributed by atoms with Gasteiger partial charge in [-0.1, -0.05) is 12.8 Å². The van der Waals surface area contributed by atoms with Gasteiger partial charge in [-0.2, -0.15) is 0 Å². The monoisotopic (exact) mass is 490 g/mol. The van der Waals surface area contributed by atoms with Gasteiger partial charge in [0.15, 0.2) is 24.6 Å². The van der Waals surface area contributed by atoms with Crippen molar-refractivity contribution in [1.29, 1.82) is 0 Å². The fraction of sp³-hybridized carbons (Fsp3) is 0.773. The molecule has 194 valence electrons. The van der Waals surface area contributed by atoms with E-state index in [-0.39, 0.29) is 25.4 Å². The van der Waals surface area contributed by atoms with Gasteiger partial charge in [0.25, 0.3) is 0 Å². The number of unbranched alkanes of at least 4 members (excludes halogenated alkanes) is 2. The van der Waals surface area contributed by atoms with Crippen LogP contribution in [0.2, 0.25) is 0 Å². The van der Waals surface area contributed by atoms with Crippen LogP contribution in [0.3, 0.4) is 0 Å². The van der Waals surface area contributed by atoms with Gasteiger partial charge in [0, 0.05) is 34.1 Å². The predicted octanol–water partition coefficient (Wildman–Crippen LogP) is 0.946. The van der Waals surface area contributed by atoms with Crippen LogP contribution in [-0.4, -0.2) is 78.4 Å². The summed E-state index contributed by atoms with van der Waals surface area (Å²) in [7, 11) is 0. The number of carbonyl (C=O) groups is 5. The quantitative estimate of drug-likeness (QED) is 0.234. The van der Waals surface area contributed by atoms with Crippen LogP contribution in [0, 0.1) is 0 Å². The molecule has 1 aliphatic rings. The molecule has 5 atom stereocenters. The molecule has 0 amide bonds. The lowest BCUT2D eigenvalue weighted by atomic mass is 9.82. The van der Waals surface area contributed by atoms with Gasteiger partial charge in [-0.25, -0.2) is 0 Å². The average Bonchev–Trinajstić information content (AvgIpc) is 2.71. The number of ether oxygens (including phenoxy) is 6. The number of aliphatic hydroxyl groups excluding tert-OH is 1. The number of rotatable bonds is 12. The molecule has 1 heterocycles. The van der Waals surface area contributed by atoms with Gasteiger partial charge in [0.1, 0.15) is 12.2 Å². The molecule has 0 unspecified atom stereocenters. The first-order valence-corrected chi connectivity index (χ1v) is 11.1. The number of hydrogen-bond acceptors (Lipinski definition) is 12. The maximum atomic E-state index is 11.9. The summed E-state index contributed by atoms with van der Waals surface area (Å²) < 4.78 is 31.6. The van der Waals surface area contributed by atoms with E-state index in [0.29, 0.717) is 19.3 Å². The Bertz CT molecular complexity index is 735. The number of hydrogen-bond donors (Lipinski definition) is 1. The van der Waals surface area contributed by atoms with Gasteiger partial charge in [-0.3, -0.25) is 24.0 Å². The number of carbonyl (C=O) groups excluding carboxylic acids is 5. The standard InChI is InChI=1S/C22H34O12/c1-6-29-17(27)10-8-7-9-11-22(12-30-13(2)23)20(33-16(5)26)18(31-14(3)24)19(21(28)34-22)32-15(4)25/h18-21,28H,6-12H2,1-5H3/t18-,19-,20+,21+,22-/m1/s1. The van der Waals surface area contributed by atoms with Gasteiger partial charge < -0.3 is 33.5 Å². The minimum atomic E-state index is -1.78. The van der Waals surface area contributed by atoms with Gasteiger partial charge in [0.05, 0.1) is 6.61 Å². The lowest BCUT2D eigenvalue weighted by Crippen LogP contribution is -2.68. The molecule has 1 N–H and O–H groups in total. The molecule has 0 spiro atoms. The van der Waals surface area contributed by atoms with Crippen molar-refractivity contribution < 1.29 is 57.5 Å². The average molecular weight is 491 g/mol. The lowest BCUT2D eigenvalue weighted by Gasteiger charge is -2.49. The third-order valence-corrected chi connectivity index (χ3v) is 4.98. The Balaban J connectivity index is 3.24. The highest BCUT2D eigenvalue weighted by Crippen LogP contribution is 2.39. The minimum absolute atomic E-state index is 0.0860. The second kappa shape index (κ2) is 13.9. The van der Waals surface area contributed by atoms with E-state index in [9.17, 15) is 29.1 Å². The Morgan fingerprint density at radius 1 is 0.794 bits per heavy atom. The molecule has 0 aromatic carbocycles. The molecule has 0 aromatic rings. The van der Waals surface area contributed by atoms with Crippen molar-refractivity contribution in [3.8, 4) is 0 Å². The van der Waals surface area contributed by atoms with Crippen LogP contribution in [0.4, 0.5) is 0 Å². The normalized spacial score (nSPS) is 26.2. The van der Waals surface area contributed by atoms with Gasteiger partial charge in [-0.05, 0) is 19.8 Å². The SMILES string of the molecule is CCOC(=O)CCCCC[C@]1(COC(C)=O)O[C@H](O)[C@H](OC(C)=O)[C@@H](OC(C)=O)[C@@H]1OC(C)=O. The van der Waals surface area contributed by atoms with Crippen LogP contribution in [0.25, 0.3) is 0 Å². The van der Waals surface area contributed by atoms with Crippen molar-refractivity contribution in [3.05, 3.63) is 0 Å². The molecule has 1 saturated heterocycles. The van der Waals surface area contributed by atoms with Crippen LogP contribution in [-0.2, 0) is 52.4 Å². The zero-order valence-corrected chi connectivity index (χ0v) is 20.2. The highest BCUT2D eigenvalue weighted by molar-refractivity contribution is 5.69. The van der Waals surface area contributed by atoms with E-state index in [0.717, 1.165) is 20.8 Å². The molecule has 0 radical (unpaired) electrons. The summed E-state index contributed by atoms with van der Waals surface area (Å²) in [5.41, 5.74) is -1.63. The van der Waals surface area contributed by atoms with E-state index in [1.165, 1.54) is 6.92 Å². The molecule has 12 heteroatoms. The Labute approximate surface area is 198 Å². The largest absolute Gasteiger partial charge is 0.466 e. The summed E-state index contributed by atoms with van der Waals surface area (Å²) in [5, 5.41) is 10.7. The highest BCUT2D eigenvalue weighted by Gasteiger charge is 2.59. The zero-order valence-electron chi connectivity index (χ0n) is 20.2. The summed E-state index contributed by atoms with van der Waals surface area (Å²) in [6.07, 6.45) is -4.40. The molecule has 0 aromatic heterocycles. The van der Waals surface area contributed by atoms with Gasteiger partial charge in [-0.15, -0.1) is 0 Å². The Hall–Kier alpha value is -2.73. The molecular weight excluding hydrogens is 456 g/mol. The van der Waals surface area contributed by atoms with Crippen LogP contribution in [0.1, 0.15) is 66.7 Å². The highest BCUT2D eigenvalue weighted by atomic mass is 16.7. The molecule has 1 aliphatic heterocycles. The van der Waals surface area contributed by atoms with Gasteiger partial charge >= 0.3 is 29.8 Å². The second-order valence-corrected chi connectivity index (χ2v) is 7.90. The number of esters is 5. The first-order chi connectivity index (χ1) is 15.9. The van der Waals surface area contributed by atoms with E-state index in [1.54, 1.807) is 6.92 Å². The van der Waals surface area contributed by atoms with Gasteiger partial charge in [0.2, 0.25) is 0 Å². The fourth-order valence-corrected chi connectivity index (χ4v) is 3.72. The molecule has 0 saturated carbocycles. The van der Waals surface area contributed by atoms with Crippen LogP contribution in [0.5, 0.6) is 0 Å². The zero-order chi connectivity index (χ0) is 25.9. The van der Waals surface area contributed by atoms with Crippen molar-refractivity contribution in [2.75, 3.05) is 13.2 Å². The van der Waals surface area contributed by atoms with Crippen molar-refractivity contribution >= 4 is 29.8 Å². The second-order valence-electron chi connectivity index (χ2n) is 7.90. The van der Waals surface area contributed by atoms with Crippen molar-refractivity contribution in [1.82, 2.24) is 0 Å². The van der Waals surface area contributed by atoms with E-state index < -0.39 is 60.7 Å². The van der Waals surface area contributed by atoms with Crippen LogP contribution < -0.4 is 0 Å². The number of aliphatic hydroxyl groups is 1. The Kier molecular flexibility index (Phi) is 11.9. The maximum absolute atomic E-state index is 11.9. The minimum Gasteiger partial charge on any atom is -0.466 e. The van der Waals surface area contributed by atoms with Crippen LogP contribution >= 0.6 is 0 Å². The van der Waals surface area contributed by atoms with E-state index in [2.05, 4.69) is 0 Å². The van der Waals surface area contributed by atoms with Crippen molar-refractivity contribution in [2.24, 2.45) is 0 Å². The molecule has 1 rings (SSSR count). The van der Waals surface area contributed by atoms with E-state index in [1.807, 2.05) is 0 Å². The smallest absolute Gasteiger partial charge is 0.305 e.